The number of hydrogen-bond donors (Lipinski definition) is 2. The smallest absolute Gasteiger partial charge is 0.263 e. The van der Waals surface area contributed by atoms with Gasteiger partial charge >= 0.3 is 0 Å². The van der Waals surface area contributed by atoms with Crippen LogP contribution >= 0.6 is 11.6 Å². The van der Waals surface area contributed by atoms with Gasteiger partial charge in [-0.3, -0.25) is 4.72 Å². The number of aliphatic hydroxyl groups excluding tert-OH is 1. The molecular formula is C12H11ClN2O3S. The van der Waals surface area contributed by atoms with E-state index in [2.05, 4.69) is 9.71 Å². The van der Waals surface area contributed by atoms with Gasteiger partial charge in [0.25, 0.3) is 10.0 Å². The fraction of sp³-hybridized carbons (Fsp3) is 0.0833. The Labute approximate surface area is 115 Å². The van der Waals surface area contributed by atoms with E-state index in [1.54, 1.807) is 24.3 Å². The number of anilines is 1. The average Bonchev–Trinajstić information content (AvgIpc) is 2.39. The minimum absolute atomic E-state index is 0.0197. The molecule has 0 saturated carbocycles. The lowest BCUT2D eigenvalue weighted by Gasteiger charge is -2.08. The van der Waals surface area contributed by atoms with Gasteiger partial charge in [-0.2, -0.15) is 0 Å². The van der Waals surface area contributed by atoms with Gasteiger partial charge in [0.2, 0.25) is 0 Å². The first kappa shape index (κ1) is 13.8. The van der Waals surface area contributed by atoms with E-state index < -0.39 is 10.0 Å². The van der Waals surface area contributed by atoms with Crippen LogP contribution in [0.15, 0.2) is 47.5 Å². The molecule has 0 amide bonds. The number of rotatable bonds is 4. The van der Waals surface area contributed by atoms with Crippen molar-refractivity contribution in [3.05, 3.63) is 53.3 Å². The van der Waals surface area contributed by atoms with Gasteiger partial charge in [0.05, 0.1) is 6.61 Å². The number of aliphatic hydroxyl groups is 1. The minimum Gasteiger partial charge on any atom is -0.392 e. The number of aromatic nitrogens is 1. The largest absolute Gasteiger partial charge is 0.392 e. The van der Waals surface area contributed by atoms with Crippen molar-refractivity contribution in [2.75, 3.05) is 4.72 Å². The second kappa shape index (κ2) is 5.56. The van der Waals surface area contributed by atoms with E-state index in [-0.39, 0.29) is 16.7 Å². The van der Waals surface area contributed by atoms with Gasteiger partial charge in [-0.1, -0.05) is 23.7 Å². The van der Waals surface area contributed by atoms with Crippen LogP contribution < -0.4 is 4.72 Å². The molecular weight excluding hydrogens is 288 g/mol. The SMILES string of the molecule is O=S(=O)(Nc1cccc(CO)c1)c1ccc(Cl)nc1. The molecule has 0 bridgehead atoms. The summed E-state index contributed by atoms with van der Waals surface area (Å²) in [6.45, 7) is -0.155. The summed E-state index contributed by atoms with van der Waals surface area (Å²) in [5.74, 6) is 0. The van der Waals surface area contributed by atoms with Crippen molar-refractivity contribution in [1.29, 1.82) is 0 Å². The lowest BCUT2D eigenvalue weighted by atomic mass is 10.2. The Hall–Kier alpha value is -1.63. The highest BCUT2D eigenvalue weighted by Gasteiger charge is 2.14. The first-order chi connectivity index (χ1) is 9.01. The molecule has 0 fully saturated rings. The Bertz CT molecular complexity index is 672. The third-order valence-electron chi connectivity index (χ3n) is 2.37. The van der Waals surface area contributed by atoms with Crippen LogP contribution in [0.5, 0.6) is 0 Å². The van der Waals surface area contributed by atoms with E-state index in [1.807, 2.05) is 0 Å². The Kier molecular flexibility index (Phi) is 4.04. The molecule has 0 aliphatic heterocycles. The van der Waals surface area contributed by atoms with E-state index in [1.165, 1.54) is 18.3 Å². The maximum absolute atomic E-state index is 12.1. The number of hydrogen-bond acceptors (Lipinski definition) is 4. The zero-order valence-corrected chi connectivity index (χ0v) is 11.3. The standard InChI is InChI=1S/C12H11ClN2O3S/c13-12-5-4-11(7-14-12)19(17,18)15-10-3-1-2-9(6-10)8-16/h1-7,15-16H,8H2. The van der Waals surface area contributed by atoms with Crippen LogP contribution in [0.3, 0.4) is 0 Å². The highest BCUT2D eigenvalue weighted by molar-refractivity contribution is 7.92. The van der Waals surface area contributed by atoms with Crippen LogP contribution in [-0.4, -0.2) is 18.5 Å². The lowest BCUT2D eigenvalue weighted by molar-refractivity contribution is 0.282. The first-order valence-electron chi connectivity index (χ1n) is 5.35. The van der Waals surface area contributed by atoms with Gasteiger partial charge in [0, 0.05) is 11.9 Å². The molecule has 7 heteroatoms. The molecule has 5 nitrogen and oxygen atoms in total. The fourth-order valence-electron chi connectivity index (χ4n) is 1.47. The van der Waals surface area contributed by atoms with Gasteiger partial charge in [0.15, 0.2) is 0 Å². The van der Waals surface area contributed by atoms with Crippen LogP contribution in [0.25, 0.3) is 0 Å². The molecule has 0 radical (unpaired) electrons. The van der Waals surface area contributed by atoms with Crippen molar-refractivity contribution >= 4 is 27.3 Å². The second-order valence-electron chi connectivity index (χ2n) is 3.78. The maximum Gasteiger partial charge on any atom is 0.263 e. The van der Waals surface area contributed by atoms with E-state index in [0.717, 1.165) is 0 Å². The molecule has 100 valence electrons. The predicted octanol–water partition coefficient (Wildman–Crippen LogP) is 2.03. The molecule has 19 heavy (non-hydrogen) atoms. The molecule has 2 aromatic rings. The molecule has 0 aliphatic rings. The van der Waals surface area contributed by atoms with Gasteiger partial charge in [-0.15, -0.1) is 0 Å². The molecule has 1 aromatic heterocycles. The molecule has 1 aromatic carbocycles. The molecule has 0 unspecified atom stereocenters. The van der Waals surface area contributed by atoms with Crippen molar-refractivity contribution in [1.82, 2.24) is 4.98 Å². The van der Waals surface area contributed by atoms with Gasteiger partial charge in [-0.05, 0) is 29.8 Å². The average molecular weight is 299 g/mol. The normalized spacial score (nSPS) is 11.3. The lowest BCUT2D eigenvalue weighted by Crippen LogP contribution is -2.13. The summed E-state index contributed by atoms with van der Waals surface area (Å²) in [7, 11) is -3.71. The predicted molar refractivity (Wildman–Crippen MR) is 72.4 cm³/mol. The third kappa shape index (κ3) is 3.44. The summed E-state index contributed by atoms with van der Waals surface area (Å²) < 4.78 is 26.5. The zero-order valence-electron chi connectivity index (χ0n) is 9.75. The van der Waals surface area contributed by atoms with Gasteiger partial charge < -0.3 is 5.11 Å². The van der Waals surface area contributed by atoms with Crippen molar-refractivity contribution in [2.24, 2.45) is 0 Å². The maximum atomic E-state index is 12.1. The van der Waals surface area contributed by atoms with Crippen LogP contribution in [0.2, 0.25) is 5.15 Å². The fourth-order valence-corrected chi connectivity index (χ4v) is 2.57. The number of nitrogens with one attached hydrogen (secondary N) is 1. The zero-order chi connectivity index (χ0) is 13.9. The van der Waals surface area contributed by atoms with E-state index in [4.69, 9.17) is 16.7 Å². The molecule has 2 N–H and O–H groups in total. The quantitative estimate of drug-likeness (QED) is 0.847. The number of halogens is 1. The summed E-state index contributed by atoms with van der Waals surface area (Å²) in [5.41, 5.74) is 0.996. The third-order valence-corrected chi connectivity index (χ3v) is 3.96. The van der Waals surface area contributed by atoms with E-state index in [9.17, 15) is 8.42 Å². The number of benzene rings is 1. The second-order valence-corrected chi connectivity index (χ2v) is 5.85. The van der Waals surface area contributed by atoms with Gasteiger partial charge in [-0.25, -0.2) is 13.4 Å². The highest BCUT2D eigenvalue weighted by atomic mass is 35.5. The number of nitrogens with zero attached hydrogens (tertiary/aromatic N) is 1. The van der Waals surface area contributed by atoms with Crippen LogP contribution in [0.1, 0.15) is 5.56 Å². The minimum atomic E-state index is -3.71. The Morgan fingerprint density at radius 2 is 2.05 bits per heavy atom. The Balaban J connectivity index is 2.28. The molecule has 0 saturated heterocycles. The van der Waals surface area contributed by atoms with E-state index >= 15 is 0 Å². The summed E-state index contributed by atoms with van der Waals surface area (Å²) in [6.07, 6.45) is 1.18. The summed E-state index contributed by atoms with van der Waals surface area (Å²) in [5, 5.41) is 9.23. The van der Waals surface area contributed by atoms with Crippen LogP contribution in [0, 0.1) is 0 Å². The summed E-state index contributed by atoms with van der Waals surface area (Å²) >= 11 is 5.61. The molecule has 2 rings (SSSR count). The topological polar surface area (TPSA) is 79.3 Å². The number of pyridine rings is 1. The number of sulfonamides is 1. The van der Waals surface area contributed by atoms with Crippen molar-refractivity contribution in [3.8, 4) is 0 Å². The molecule has 0 atom stereocenters. The van der Waals surface area contributed by atoms with Crippen molar-refractivity contribution < 1.29 is 13.5 Å². The Morgan fingerprint density at radius 3 is 2.68 bits per heavy atom. The molecule has 0 spiro atoms. The summed E-state index contributed by atoms with van der Waals surface area (Å²) in [4.78, 5) is 3.75. The van der Waals surface area contributed by atoms with Crippen molar-refractivity contribution in [2.45, 2.75) is 11.5 Å². The van der Waals surface area contributed by atoms with Crippen LogP contribution in [0.4, 0.5) is 5.69 Å². The van der Waals surface area contributed by atoms with Gasteiger partial charge in [0.1, 0.15) is 10.0 Å². The van der Waals surface area contributed by atoms with Crippen molar-refractivity contribution in [3.63, 3.8) is 0 Å². The first-order valence-corrected chi connectivity index (χ1v) is 7.21. The Morgan fingerprint density at radius 1 is 1.26 bits per heavy atom. The molecule has 1 heterocycles. The highest BCUT2D eigenvalue weighted by Crippen LogP contribution is 2.17. The van der Waals surface area contributed by atoms with Crippen LogP contribution in [-0.2, 0) is 16.6 Å². The van der Waals surface area contributed by atoms with E-state index in [0.29, 0.717) is 11.3 Å². The molecule has 0 aliphatic carbocycles. The summed E-state index contributed by atoms with van der Waals surface area (Å²) in [6, 6.07) is 9.28. The monoisotopic (exact) mass is 298 g/mol.